The minimum absolute atomic E-state index is 0.148. The van der Waals surface area contributed by atoms with Crippen LogP contribution in [0.25, 0.3) is 0 Å². The third kappa shape index (κ3) is 5.60. The van der Waals surface area contributed by atoms with Crippen LogP contribution < -0.4 is 5.56 Å². The number of hydrogen-bond acceptors (Lipinski definition) is 5. The highest BCUT2D eigenvalue weighted by molar-refractivity contribution is 7.88. The molecule has 0 spiro atoms. The van der Waals surface area contributed by atoms with Crippen molar-refractivity contribution >= 4 is 15.8 Å². The van der Waals surface area contributed by atoms with E-state index in [-0.39, 0.29) is 23.7 Å². The molecule has 2 heterocycles. The first-order valence-corrected chi connectivity index (χ1v) is 13.7. The van der Waals surface area contributed by atoms with Crippen LogP contribution in [0.5, 0.6) is 0 Å². The molecule has 1 aromatic heterocycles. The maximum atomic E-state index is 13.2. The molecule has 2 aromatic carbocycles. The Hall–Kier alpha value is -3.10. The third-order valence-corrected chi connectivity index (χ3v) is 8.30. The van der Waals surface area contributed by atoms with Crippen molar-refractivity contribution in [3.05, 3.63) is 99.0 Å². The van der Waals surface area contributed by atoms with E-state index >= 15 is 0 Å². The first kappa shape index (κ1) is 25.0. The van der Waals surface area contributed by atoms with E-state index in [1.165, 1.54) is 35.8 Å². The molecule has 35 heavy (non-hydrogen) atoms. The Morgan fingerprint density at radius 1 is 1.06 bits per heavy atom. The summed E-state index contributed by atoms with van der Waals surface area (Å²) < 4.78 is 26.4. The number of hydrogen-bond donors (Lipinski definition) is 0. The van der Waals surface area contributed by atoms with Crippen molar-refractivity contribution in [3.63, 3.8) is 0 Å². The van der Waals surface area contributed by atoms with E-state index in [9.17, 15) is 18.0 Å². The summed E-state index contributed by atoms with van der Waals surface area (Å²) >= 11 is 0. The van der Waals surface area contributed by atoms with E-state index in [1.807, 2.05) is 31.2 Å². The van der Waals surface area contributed by atoms with Gasteiger partial charge < -0.3 is 0 Å². The minimum Gasteiger partial charge on any atom is -0.294 e. The molecule has 0 bridgehead atoms. The van der Waals surface area contributed by atoms with Gasteiger partial charge in [-0.05, 0) is 54.0 Å². The summed E-state index contributed by atoms with van der Waals surface area (Å²) in [7, 11) is -1.61. The van der Waals surface area contributed by atoms with Crippen LogP contribution in [0.3, 0.4) is 0 Å². The number of Topliss-reactive ketones (excluding diaryl/α,β-unsaturated/α-hetero) is 1. The topological polar surface area (TPSA) is 89.3 Å². The molecule has 1 aliphatic heterocycles. The van der Waals surface area contributed by atoms with Crippen LogP contribution in [-0.2, 0) is 17.1 Å². The fourth-order valence-electron chi connectivity index (χ4n) is 4.92. The van der Waals surface area contributed by atoms with Crippen molar-refractivity contribution in [2.75, 3.05) is 19.3 Å². The normalized spacial score (nSPS) is 16.2. The molecular formula is C27H31N3O4S. The average Bonchev–Trinajstić information content (AvgIpc) is 2.84. The van der Waals surface area contributed by atoms with E-state index in [1.54, 1.807) is 4.31 Å². The number of aromatic nitrogens is 2. The van der Waals surface area contributed by atoms with Crippen molar-refractivity contribution in [1.82, 2.24) is 14.1 Å². The van der Waals surface area contributed by atoms with E-state index in [4.69, 9.17) is 0 Å². The molecule has 1 fully saturated rings. The Bertz CT molecular complexity index is 1370. The molecule has 3 aromatic rings. The first-order valence-electron chi connectivity index (χ1n) is 11.8. The molecule has 1 aliphatic rings. The standard InChI is InChI=1S/C27H31N3O4S/c1-19-6-4-5-7-23(19)25(18-26(31)24-12-15-28-29(2)27(24)32)22-10-8-20(9-11-22)21-13-16-30(17-14-21)35(3,33)34/h4-12,15,21,25H,13-14,16-18H2,1-3H3. The lowest BCUT2D eigenvalue weighted by atomic mass is 9.82. The molecule has 0 saturated carbocycles. The van der Waals surface area contributed by atoms with Gasteiger partial charge in [0.1, 0.15) is 0 Å². The molecule has 0 radical (unpaired) electrons. The highest BCUT2D eigenvalue weighted by Gasteiger charge is 2.27. The monoisotopic (exact) mass is 493 g/mol. The molecule has 1 atom stereocenters. The van der Waals surface area contributed by atoms with Crippen LogP contribution in [0.1, 0.15) is 63.7 Å². The van der Waals surface area contributed by atoms with E-state index in [2.05, 4.69) is 29.4 Å². The van der Waals surface area contributed by atoms with Crippen LogP contribution >= 0.6 is 0 Å². The van der Waals surface area contributed by atoms with Crippen molar-refractivity contribution in [2.45, 2.75) is 38.0 Å². The maximum absolute atomic E-state index is 13.2. The Kier molecular flexibility index (Phi) is 7.33. The summed E-state index contributed by atoms with van der Waals surface area (Å²) in [6, 6.07) is 17.8. The number of carbonyl (C=O) groups excluding carboxylic acids is 1. The van der Waals surface area contributed by atoms with Crippen LogP contribution in [0.15, 0.2) is 65.6 Å². The highest BCUT2D eigenvalue weighted by atomic mass is 32.2. The van der Waals surface area contributed by atoms with E-state index in [0.29, 0.717) is 19.0 Å². The second-order valence-electron chi connectivity index (χ2n) is 9.31. The molecule has 0 aliphatic carbocycles. The Morgan fingerprint density at radius 2 is 1.71 bits per heavy atom. The van der Waals surface area contributed by atoms with Gasteiger partial charge in [0.05, 0.1) is 11.8 Å². The van der Waals surface area contributed by atoms with Gasteiger partial charge in [0, 0.05) is 38.7 Å². The maximum Gasteiger partial charge on any atom is 0.277 e. The van der Waals surface area contributed by atoms with Gasteiger partial charge in [-0.25, -0.2) is 17.4 Å². The molecule has 1 unspecified atom stereocenters. The molecule has 0 N–H and O–H groups in total. The van der Waals surface area contributed by atoms with Gasteiger partial charge in [0.15, 0.2) is 5.78 Å². The van der Waals surface area contributed by atoms with Gasteiger partial charge >= 0.3 is 0 Å². The summed E-state index contributed by atoms with van der Waals surface area (Å²) in [6.07, 6.45) is 4.49. The number of aryl methyl sites for hydroxylation is 2. The number of sulfonamides is 1. The smallest absolute Gasteiger partial charge is 0.277 e. The van der Waals surface area contributed by atoms with Gasteiger partial charge in [-0.3, -0.25) is 9.59 Å². The Labute approximate surface area is 206 Å². The van der Waals surface area contributed by atoms with E-state index < -0.39 is 15.6 Å². The number of nitrogens with zero attached hydrogens (tertiary/aromatic N) is 3. The lowest BCUT2D eigenvalue weighted by Crippen LogP contribution is -2.37. The second-order valence-corrected chi connectivity index (χ2v) is 11.3. The SMILES string of the molecule is Cc1ccccc1C(CC(=O)c1ccnn(C)c1=O)c1ccc(C2CCN(S(C)(=O)=O)CC2)cc1. The second kappa shape index (κ2) is 10.3. The molecule has 8 heteroatoms. The first-order chi connectivity index (χ1) is 16.6. The average molecular weight is 494 g/mol. The molecule has 1 saturated heterocycles. The number of piperidine rings is 1. The fraction of sp³-hybridized carbons (Fsp3) is 0.370. The van der Waals surface area contributed by atoms with Crippen molar-refractivity contribution in [1.29, 1.82) is 0 Å². The quantitative estimate of drug-likeness (QED) is 0.469. The summed E-state index contributed by atoms with van der Waals surface area (Å²) in [5, 5.41) is 3.92. The molecule has 4 rings (SSSR count). The van der Waals surface area contributed by atoms with Crippen LogP contribution in [0, 0.1) is 6.92 Å². The molecule has 184 valence electrons. The summed E-state index contributed by atoms with van der Waals surface area (Å²) in [5.74, 6) is -0.0957. The van der Waals surface area contributed by atoms with Crippen LogP contribution in [0.2, 0.25) is 0 Å². The molecular weight excluding hydrogens is 462 g/mol. The summed E-state index contributed by atoms with van der Waals surface area (Å²) in [5.41, 5.74) is 4.09. The summed E-state index contributed by atoms with van der Waals surface area (Å²) in [6.45, 7) is 3.10. The number of rotatable bonds is 7. The van der Waals surface area contributed by atoms with Gasteiger partial charge in [0.25, 0.3) is 5.56 Å². The van der Waals surface area contributed by atoms with Gasteiger partial charge in [0.2, 0.25) is 10.0 Å². The zero-order valence-corrected chi connectivity index (χ0v) is 21.2. The largest absolute Gasteiger partial charge is 0.294 e. The molecule has 7 nitrogen and oxygen atoms in total. The third-order valence-electron chi connectivity index (χ3n) is 6.99. The van der Waals surface area contributed by atoms with Gasteiger partial charge in [-0.2, -0.15) is 5.10 Å². The lowest BCUT2D eigenvalue weighted by Gasteiger charge is -2.30. The summed E-state index contributed by atoms with van der Waals surface area (Å²) in [4.78, 5) is 25.7. The molecule has 0 amide bonds. The van der Waals surface area contributed by atoms with Crippen LogP contribution in [0.4, 0.5) is 0 Å². The fourth-order valence-corrected chi connectivity index (χ4v) is 5.79. The number of ketones is 1. The van der Waals surface area contributed by atoms with Crippen LogP contribution in [-0.4, -0.2) is 47.6 Å². The van der Waals surface area contributed by atoms with Crippen molar-refractivity contribution < 1.29 is 13.2 Å². The predicted octanol–water partition coefficient (Wildman–Crippen LogP) is 3.63. The highest BCUT2D eigenvalue weighted by Crippen LogP contribution is 2.34. The zero-order chi connectivity index (χ0) is 25.2. The predicted molar refractivity (Wildman–Crippen MR) is 136 cm³/mol. The van der Waals surface area contributed by atoms with E-state index in [0.717, 1.165) is 29.5 Å². The van der Waals surface area contributed by atoms with Gasteiger partial charge in [-0.1, -0.05) is 48.5 Å². The zero-order valence-electron chi connectivity index (χ0n) is 20.3. The minimum atomic E-state index is -3.15. The van der Waals surface area contributed by atoms with Crippen molar-refractivity contribution in [3.8, 4) is 0 Å². The van der Waals surface area contributed by atoms with Gasteiger partial charge in [-0.15, -0.1) is 0 Å². The van der Waals surface area contributed by atoms with Crippen molar-refractivity contribution in [2.24, 2.45) is 7.05 Å². The number of carbonyl (C=O) groups is 1. The lowest BCUT2D eigenvalue weighted by molar-refractivity contribution is 0.0975. The number of benzene rings is 2. The Balaban J connectivity index is 1.60. The Morgan fingerprint density at radius 3 is 2.34 bits per heavy atom.